The van der Waals surface area contributed by atoms with Crippen molar-refractivity contribution >= 4 is 0 Å². The Morgan fingerprint density at radius 2 is 2.20 bits per heavy atom. The van der Waals surface area contributed by atoms with E-state index in [0.717, 1.165) is 18.3 Å². The van der Waals surface area contributed by atoms with Crippen molar-refractivity contribution in [3.63, 3.8) is 0 Å². The fourth-order valence-corrected chi connectivity index (χ4v) is 2.05. The lowest BCUT2D eigenvalue weighted by Crippen LogP contribution is -2.34. The van der Waals surface area contributed by atoms with Gasteiger partial charge in [-0.1, -0.05) is 5.16 Å². The topological polar surface area (TPSA) is 55.9 Å². The van der Waals surface area contributed by atoms with Crippen LogP contribution in [0.5, 0.6) is 0 Å². The van der Waals surface area contributed by atoms with Crippen molar-refractivity contribution in [2.45, 2.75) is 58.2 Å². The summed E-state index contributed by atoms with van der Waals surface area (Å²) < 4.78 is 7.37. The van der Waals surface area contributed by atoms with E-state index in [9.17, 15) is 0 Å². The molecule has 0 bridgehead atoms. The third-order valence-electron chi connectivity index (χ3n) is 3.37. The van der Waals surface area contributed by atoms with Crippen LogP contribution in [0.1, 0.15) is 56.8 Å². The highest BCUT2D eigenvalue weighted by Gasteiger charge is 2.29. The van der Waals surface area contributed by atoms with E-state index in [0.29, 0.717) is 12.5 Å². The summed E-state index contributed by atoms with van der Waals surface area (Å²) in [5.41, 5.74) is 1.40. The van der Waals surface area contributed by atoms with Crippen LogP contribution in [0.3, 0.4) is 0 Å². The molecule has 108 valence electrons. The summed E-state index contributed by atoms with van der Waals surface area (Å²) >= 11 is 0. The number of hydrogen-bond acceptors (Lipinski definition) is 4. The summed E-state index contributed by atoms with van der Waals surface area (Å²) in [6.07, 6.45) is 6.57. The van der Waals surface area contributed by atoms with Crippen molar-refractivity contribution in [1.29, 1.82) is 0 Å². The van der Waals surface area contributed by atoms with Crippen molar-refractivity contribution in [2.24, 2.45) is 0 Å². The zero-order chi connectivity index (χ0) is 14.2. The van der Waals surface area contributed by atoms with Crippen LogP contribution in [0.15, 0.2) is 23.0 Å². The number of hydrogen-bond donors (Lipinski definition) is 1. The summed E-state index contributed by atoms with van der Waals surface area (Å²) in [7, 11) is 0. The SMILES string of the molecule is CC(C)(C)NCc1ccn(Cc2noc(C3CC3)n2)c1. The van der Waals surface area contributed by atoms with Gasteiger partial charge < -0.3 is 14.4 Å². The normalized spacial score (nSPS) is 15.8. The zero-order valence-electron chi connectivity index (χ0n) is 12.4. The smallest absolute Gasteiger partial charge is 0.229 e. The van der Waals surface area contributed by atoms with Crippen LogP contribution in [0.25, 0.3) is 0 Å². The Hall–Kier alpha value is -1.62. The molecule has 0 spiro atoms. The maximum Gasteiger partial charge on any atom is 0.229 e. The largest absolute Gasteiger partial charge is 0.346 e. The van der Waals surface area contributed by atoms with Gasteiger partial charge in [-0.25, -0.2) is 0 Å². The Labute approximate surface area is 119 Å². The molecule has 0 saturated heterocycles. The Kier molecular flexibility index (Phi) is 3.38. The average Bonchev–Trinajstić information content (AvgIpc) is 2.95. The standard InChI is InChI=1S/C15H22N4O/c1-15(2,3)16-8-11-6-7-19(9-11)10-13-17-14(20-18-13)12-4-5-12/h6-7,9,12,16H,4-5,8,10H2,1-3H3. The molecular formula is C15H22N4O. The van der Waals surface area contributed by atoms with Gasteiger partial charge in [-0.05, 0) is 45.2 Å². The third-order valence-corrected chi connectivity index (χ3v) is 3.37. The molecule has 0 unspecified atom stereocenters. The van der Waals surface area contributed by atoms with Crippen molar-refractivity contribution in [3.05, 3.63) is 35.7 Å². The molecule has 5 heteroatoms. The molecule has 2 aromatic heterocycles. The van der Waals surface area contributed by atoms with Crippen LogP contribution < -0.4 is 5.32 Å². The van der Waals surface area contributed by atoms with Crippen molar-refractivity contribution in [1.82, 2.24) is 20.0 Å². The summed E-state index contributed by atoms with van der Waals surface area (Å²) in [6.45, 7) is 8.05. The van der Waals surface area contributed by atoms with E-state index in [2.05, 4.69) is 59.3 Å². The van der Waals surface area contributed by atoms with E-state index >= 15 is 0 Å². The Morgan fingerprint density at radius 1 is 1.40 bits per heavy atom. The van der Waals surface area contributed by atoms with Gasteiger partial charge in [0.15, 0.2) is 5.82 Å². The van der Waals surface area contributed by atoms with Crippen LogP contribution in [-0.2, 0) is 13.1 Å². The fourth-order valence-electron chi connectivity index (χ4n) is 2.05. The summed E-state index contributed by atoms with van der Waals surface area (Å²) in [4.78, 5) is 4.45. The summed E-state index contributed by atoms with van der Waals surface area (Å²) in [5, 5.41) is 7.52. The molecule has 0 aliphatic heterocycles. The first kappa shape index (κ1) is 13.4. The van der Waals surface area contributed by atoms with E-state index in [1.807, 2.05) is 0 Å². The molecule has 0 aromatic carbocycles. The Bertz CT molecular complexity index is 575. The number of aromatic nitrogens is 3. The molecule has 0 atom stereocenters. The second kappa shape index (κ2) is 5.05. The molecule has 0 radical (unpaired) electrons. The highest BCUT2D eigenvalue weighted by molar-refractivity contribution is 5.11. The van der Waals surface area contributed by atoms with Gasteiger partial charge in [0, 0.05) is 30.4 Å². The lowest BCUT2D eigenvalue weighted by molar-refractivity contribution is 0.373. The highest BCUT2D eigenvalue weighted by atomic mass is 16.5. The van der Waals surface area contributed by atoms with Crippen LogP contribution in [0.4, 0.5) is 0 Å². The Balaban J connectivity index is 1.58. The van der Waals surface area contributed by atoms with Gasteiger partial charge in [0.25, 0.3) is 0 Å². The van der Waals surface area contributed by atoms with Gasteiger partial charge in [0.2, 0.25) is 5.89 Å². The number of nitrogens with zero attached hydrogens (tertiary/aromatic N) is 3. The third kappa shape index (κ3) is 3.48. The molecule has 1 aliphatic rings. The van der Waals surface area contributed by atoms with Crippen molar-refractivity contribution in [2.75, 3.05) is 0 Å². The highest BCUT2D eigenvalue weighted by Crippen LogP contribution is 2.38. The van der Waals surface area contributed by atoms with E-state index in [4.69, 9.17) is 4.52 Å². The van der Waals surface area contributed by atoms with Gasteiger partial charge in [0.1, 0.15) is 0 Å². The van der Waals surface area contributed by atoms with Crippen LogP contribution >= 0.6 is 0 Å². The van der Waals surface area contributed by atoms with Crippen LogP contribution in [-0.4, -0.2) is 20.2 Å². The van der Waals surface area contributed by atoms with Gasteiger partial charge in [-0.15, -0.1) is 0 Å². The van der Waals surface area contributed by atoms with Crippen molar-refractivity contribution < 1.29 is 4.52 Å². The van der Waals surface area contributed by atoms with Crippen molar-refractivity contribution in [3.8, 4) is 0 Å². The zero-order valence-corrected chi connectivity index (χ0v) is 12.4. The molecular weight excluding hydrogens is 252 g/mol. The molecule has 5 nitrogen and oxygen atoms in total. The minimum atomic E-state index is 0.134. The van der Waals surface area contributed by atoms with E-state index in [1.54, 1.807) is 0 Å². The molecule has 1 fully saturated rings. The summed E-state index contributed by atoms with van der Waals surface area (Å²) in [5.74, 6) is 2.09. The predicted octanol–water partition coefficient (Wildman–Crippen LogP) is 2.68. The monoisotopic (exact) mass is 274 g/mol. The van der Waals surface area contributed by atoms with Gasteiger partial charge in [-0.2, -0.15) is 4.98 Å². The predicted molar refractivity (Wildman–Crippen MR) is 76.4 cm³/mol. The molecule has 20 heavy (non-hydrogen) atoms. The average molecular weight is 274 g/mol. The number of rotatable bonds is 5. The lowest BCUT2D eigenvalue weighted by Gasteiger charge is -2.19. The molecule has 3 rings (SSSR count). The minimum Gasteiger partial charge on any atom is -0.346 e. The first-order valence-corrected chi connectivity index (χ1v) is 7.22. The first-order valence-electron chi connectivity index (χ1n) is 7.22. The molecule has 0 amide bonds. The molecule has 2 aromatic rings. The second-order valence-electron chi connectivity index (χ2n) is 6.62. The lowest BCUT2D eigenvalue weighted by atomic mass is 10.1. The first-order chi connectivity index (χ1) is 9.49. The van der Waals surface area contributed by atoms with E-state index in [-0.39, 0.29) is 5.54 Å². The quantitative estimate of drug-likeness (QED) is 0.910. The maximum atomic E-state index is 5.27. The van der Waals surface area contributed by atoms with Gasteiger partial charge in [-0.3, -0.25) is 0 Å². The molecule has 2 heterocycles. The summed E-state index contributed by atoms with van der Waals surface area (Å²) in [6, 6.07) is 2.13. The molecule has 1 saturated carbocycles. The van der Waals surface area contributed by atoms with E-state index < -0.39 is 0 Å². The second-order valence-corrected chi connectivity index (χ2v) is 6.62. The van der Waals surface area contributed by atoms with Gasteiger partial charge >= 0.3 is 0 Å². The van der Waals surface area contributed by atoms with Crippen LogP contribution in [0.2, 0.25) is 0 Å². The fraction of sp³-hybridized carbons (Fsp3) is 0.600. The number of nitrogens with one attached hydrogen (secondary N) is 1. The van der Waals surface area contributed by atoms with Crippen LogP contribution in [0, 0.1) is 0 Å². The van der Waals surface area contributed by atoms with Gasteiger partial charge in [0.05, 0.1) is 6.54 Å². The molecule has 1 aliphatic carbocycles. The Morgan fingerprint density at radius 3 is 2.90 bits per heavy atom. The maximum absolute atomic E-state index is 5.27. The minimum absolute atomic E-state index is 0.134. The van der Waals surface area contributed by atoms with E-state index in [1.165, 1.54) is 18.4 Å². The molecule has 1 N–H and O–H groups in total.